The standard InChI is InChI=1S/C15H19BrN2O2/c1-2-7-17-15(20)12-5-3-4-6-13(12)18-10-11(9-16)8-14(18)19/h3-6,11H,2,7-10H2,1H3,(H,17,20). The molecule has 1 saturated heterocycles. The van der Waals surface area contributed by atoms with E-state index in [-0.39, 0.29) is 11.8 Å². The number of hydrogen-bond donors (Lipinski definition) is 1. The van der Waals surface area contributed by atoms with E-state index in [0.717, 1.165) is 17.4 Å². The van der Waals surface area contributed by atoms with E-state index in [1.807, 2.05) is 25.1 Å². The summed E-state index contributed by atoms with van der Waals surface area (Å²) in [6.07, 6.45) is 1.43. The van der Waals surface area contributed by atoms with Crippen molar-refractivity contribution in [3.63, 3.8) is 0 Å². The molecule has 1 N–H and O–H groups in total. The van der Waals surface area contributed by atoms with Gasteiger partial charge < -0.3 is 10.2 Å². The fraction of sp³-hybridized carbons (Fsp3) is 0.467. The molecule has 0 aliphatic carbocycles. The summed E-state index contributed by atoms with van der Waals surface area (Å²) >= 11 is 3.43. The quantitative estimate of drug-likeness (QED) is 0.839. The summed E-state index contributed by atoms with van der Waals surface area (Å²) in [5.74, 6) is 0.289. The molecule has 1 heterocycles. The zero-order valence-corrected chi connectivity index (χ0v) is 13.1. The first-order chi connectivity index (χ1) is 9.67. The van der Waals surface area contributed by atoms with Crippen LogP contribution < -0.4 is 10.2 Å². The number of hydrogen-bond acceptors (Lipinski definition) is 2. The molecule has 0 spiro atoms. The van der Waals surface area contributed by atoms with E-state index in [2.05, 4.69) is 21.2 Å². The number of rotatable bonds is 5. The average molecular weight is 339 g/mol. The smallest absolute Gasteiger partial charge is 0.253 e. The highest BCUT2D eigenvalue weighted by Crippen LogP contribution is 2.28. The zero-order valence-electron chi connectivity index (χ0n) is 11.6. The van der Waals surface area contributed by atoms with Crippen molar-refractivity contribution >= 4 is 33.4 Å². The van der Waals surface area contributed by atoms with Gasteiger partial charge in [-0.25, -0.2) is 0 Å². The van der Waals surface area contributed by atoms with Gasteiger partial charge in [0.15, 0.2) is 0 Å². The molecule has 0 bridgehead atoms. The third-order valence-corrected chi connectivity index (χ3v) is 4.31. The molecule has 0 saturated carbocycles. The Morgan fingerprint density at radius 2 is 2.20 bits per heavy atom. The molecule has 4 nitrogen and oxygen atoms in total. The van der Waals surface area contributed by atoms with Crippen LogP contribution in [0.5, 0.6) is 0 Å². The molecule has 1 unspecified atom stereocenters. The number of anilines is 1. The van der Waals surface area contributed by atoms with Crippen molar-refractivity contribution in [1.82, 2.24) is 5.32 Å². The number of nitrogens with one attached hydrogen (secondary N) is 1. The lowest BCUT2D eigenvalue weighted by molar-refractivity contribution is -0.117. The molecule has 5 heteroatoms. The minimum atomic E-state index is -0.113. The van der Waals surface area contributed by atoms with Crippen LogP contribution in [0.1, 0.15) is 30.1 Å². The monoisotopic (exact) mass is 338 g/mol. The first-order valence-electron chi connectivity index (χ1n) is 6.91. The van der Waals surface area contributed by atoms with Crippen molar-refractivity contribution in [3.8, 4) is 0 Å². The maximum Gasteiger partial charge on any atom is 0.253 e. The predicted molar refractivity (Wildman–Crippen MR) is 83.3 cm³/mol. The van der Waals surface area contributed by atoms with Crippen molar-refractivity contribution < 1.29 is 9.59 Å². The molecule has 20 heavy (non-hydrogen) atoms. The highest BCUT2D eigenvalue weighted by atomic mass is 79.9. The summed E-state index contributed by atoms with van der Waals surface area (Å²) in [5, 5.41) is 3.67. The van der Waals surface area contributed by atoms with Crippen LogP contribution in [0.15, 0.2) is 24.3 Å². The van der Waals surface area contributed by atoms with Gasteiger partial charge in [-0.3, -0.25) is 9.59 Å². The van der Waals surface area contributed by atoms with Crippen LogP contribution in [-0.4, -0.2) is 30.2 Å². The van der Waals surface area contributed by atoms with Crippen LogP contribution >= 0.6 is 15.9 Å². The molecule has 2 rings (SSSR count). The van der Waals surface area contributed by atoms with Gasteiger partial charge in [0.2, 0.25) is 5.91 Å². The summed E-state index contributed by atoms with van der Waals surface area (Å²) in [6, 6.07) is 7.30. The minimum absolute atomic E-state index is 0.0881. The average Bonchev–Trinajstić information content (AvgIpc) is 2.85. The van der Waals surface area contributed by atoms with Crippen molar-refractivity contribution in [1.29, 1.82) is 0 Å². The van der Waals surface area contributed by atoms with Crippen LogP contribution in [-0.2, 0) is 4.79 Å². The van der Waals surface area contributed by atoms with Crippen LogP contribution in [0.3, 0.4) is 0 Å². The molecule has 108 valence electrons. The Morgan fingerprint density at radius 1 is 1.45 bits per heavy atom. The SMILES string of the molecule is CCCNC(=O)c1ccccc1N1CC(CBr)CC1=O. The normalized spacial score (nSPS) is 18.4. The number of benzene rings is 1. The van der Waals surface area contributed by atoms with E-state index in [1.165, 1.54) is 0 Å². The van der Waals surface area contributed by atoms with Gasteiger partial charge in [0.25, 0.3) is 5.91 Å². The van der Waals surface area contributed by atoms with Gasteiger partial charge >= 0.3 is 0 Å². The van der Waals surface area contributed by atoms with E-state index < -0.39 is 0 Å². The second-order valence-electron chi connectivity index (χ2n) is 5.00. The molecule has 1 aromatic carbocycles. The number of carbonyl (C=O) groups is 2. The van der Waals surface area contributed by atoms with E-state index in [4.69, 9.17) is 0 Å². The van der Waals surface area contributed by atoms with Gasteiger partial charge in [0, 0.05) is 24.8 Å². The Hall–Kier alpha value is -1.36. The van der Waals surface area contributed by atoms with Crippen molar-refractivity contribution in [2.24, 2.45) is 5.92 Å². The second-order valence-corrected chi connectivity index (χ2v) is 5.65. The van der Waals surface area contributed by atoms with Crippen LogP contribution in [0.2, 0.25) is 0 Å². The first kappa shape index (κ1) is 15.0. The van der Waals surface area contributed by atoms with E-state index in [1.54, 1.807) is 11.0 Å². The number of amides is 2. The lowest BCUT2D eigenvalue weighted by atomic mass is 10.1. The summed E-state index contributed by atoms with van der Waals surface area (Å²) in [4.78, 5) is 26.0. The molecule has 1 aliphatic rings. The lowest BCUT2D eigenvalue weighted by Gasteiger charge is -2.20. The fourth-order valence-electron chi connectivity index (χ4n) is 2.35. The van der Waals surface area contributed by atoms with E-state index in [9.17, 15) is 9.59 Å². The maximum atomic E-state index is 12.2. The van der Waals surface area contributed by atoms with Crippen LogP contribution in [0.4, 0.5) is 5.69 Å². The Kier molecular flexibility index (Phi) is 5.17. The number of nitrogens with zero attached hydrogens (tertiary/aromatic N) is 1. The fourth-order valence-corrected chi connectivity index (χ4v) is 2.79. The van der Waals surface area contributed by atoms with Gasteiger partial charge in [0.1, 0.15) is 0 Å². The summed E-state index contributed by atoms with van der Waals surface area (Å²) in [7, 11) is 0. The lowest BCUT2D eigenvalue weighted by Crippen LogP contribution is -2.30. The molecule has 1 aromatic rings. The van der Waals surface area contributed by atoms with Gasteiger partial charge in [-0.15, -0.1) is 0 Å². The molecule has 0 aromatic heterocycles. The summed E-state index contributed by atoms with van der Waals surface area (Å²) in [5.41, 5.74) is 1.29. The molecule has 0 radical (unpaired) electrons. The third-order valence-electron chi connectivity index (χ3n) is 3.40. The van der Waals surface area contributed by atoms with Crippen molar-refractivity contribution in [2.75, 3.05) is 23.3 Å². The first-order valence-corrected chi connectivity index (χ1v) is 8.03. The Balaban J connectivity index is 2.24. The largest absolute Gasteiger partial charge is 0.352 e. The van der Waals surface area contributed by atoms with Gasteiger partial charge in [-0.2, -0.15) is 0 Å². The predicted octanol–water partition coefficient (Wildman–Crippen LogP) is 2.57. The van der Waals surface area contributed by atoms with Crippen molar-refractivity contribution in [3.05, 3.63) is 29.8 Å². The molecule has 2 amide bonds. The van der Waals surface area contributed by atoms with Crippen molar-refractivity contribution in [2.45, 2.75) is 19.8 Å². The highest BCUT2D eigenvalue weighted by Gasteiger charge is 2.31. The topological polar surface area (TPSA) is 49.4 Å². The second kappa shape index (κ2) is 6.88. The number of halogens is 1. The van der Waals surface area contributed by atoms with Gasteiger partial charge in [0.05, 0.1) is 11.3 Å². The zero-order chi connectivity index (χ0) is 14.5. The van der Waals surface area contributed by atoms with E-state index >= 15 is 0 Å². The molecule has 1 aliphatic heterocycles. The molecule has 1 atom stereocenters. The Bertz CT molecular complexity index is 504. The highest BCUT2D eigenvalue weighted by molar-refractivity contribution is 9.09. The summed E-state index contributed by atoms with van der Waals surface area (Å²) in [6.45, 7) is 3.32. The summed E-state index contributed by atoms with van der Waals surface area (Å²) < 4.78 is 0. The molecule has 1 fully saturated rings. The number of para-hydroxylation sites is 1. The number of alkyl halides is 1. The molecular weight excluding hydrogens is 320 g/mol. The van der Waals surface area contributed by atoms with Crippen LogP contribution in [0.25, 0.3) is 0 Å². The Labute approximate surface area is 127 Å². The Morgan fingerprint density at radius 3 is 2.85 bits per heavy atom. The maximum absolute atomic E-state index is 12.2. The van der Waals surface area contributed by atoms with Gasteiger partial charge in [-0.1, -0.05) is 35.0 Å². The van der Waals surface area contributed by atoms with Gasteiger partial charge in [-0.05, 0) is 24.5 Å². The van der Waals surface area contributed by atoms with Crippen LogP contribution in [0, 0.1) is 5.92 Å². The number of carbonyl (C=O) groups excluding carboxylic acids is 2. The third kappa shape index (κ3) is 3.20. The van der Waals surface area contributed by atoms with E-state index in [0.29, 0.717) is 31.0 Å². The minimum Gasteiger partial charge on any atom is -0.352 e. The molecular formula is C15H19BrN2O2.